The van der Waals surface area contributed by atoms with Crippen molar-refractivity contribution < 1.29 is 22.8 Å². The van der Waals surface area contributed by atoms with E-state index < -0.39 is 29.6 Å². The molecule has 2 aromatic rings. The highest BCUT2D eigenvalue weighted by Gasteiger charge is 2.36. The summed E-state index contributed by atoms with van der Waals surface area (Å²) < 4.78 is 40.7. The number of rotatable bonds is 5. The molecule has 8 heteroatoms. The minimum Gasteiger partial charge on any atom is -0.351 e. The number of halogens is 4. The standard InChI is InChI=1S/C24H22F3IN2O2/c1-2-21(31)30(18-12-8-9-16(15-18)24(25,26)27)22(19-13-6-7-14-20(19)28)23(32)29-17-10-4-3-5-11-17/h1,6-9,12-15,17,22H,3-5,10-11H2,(H,29,32). The Hall–Kier alpha value is -2.54. The van der Waals surface area contributed by atoms with E-state index in [-0.39, 0.29) is 11.7 Å². The van der Waals surface area contributed by atoms with Crippen LogP contribution in [0.1, 0.15) is 49.3 Å². The maximum atomic E-state index is 13.5. The molecule has 4 nitrogen and oxygen atoms in total. The Morgan fingerprint density at radius 3 is 2.41 bits per heavy atom. The van der Waals surface area contributed by atoms with Crippen molar-refractivity contribution in [1.29, 1.82) is 0 Å². The highest BCUT2D eigenvalue weighted by molar-refractivity contribution is 14.1. The minimum absolute atomic E-state index is 0.0515. The summed E-state index contributed by atoms with van der Waals surface area (Å²) in [4.78, 5) is 27.3. The minimum atomic E-state index is -4.61. The van der Waals surface area contributed by atoms with Gasteiger partial charge in [-0.05, 0) is 71.2 Å². The Kier molecular flexibility index (Phi) is 7.82. The average Bonchev–Trinajstić information content (AvgIpc) is 2.77. The molecule has 0 spiro atoms. The van der Waals surface area contributed by atoms with Crippen molar-refractivity contribution in [2.24, 2.45) is 0 Å². The summed E-state index contributed by atoms with van der Waals surface area (Å²) in [6.07, 6.45) is 5.47. The summed E-state index contributed by atoms with van der Waals surface area (Å²) in [7, 11) is 0. The first-order valence-corrected chi connectivity index (χ1v) is 11.3. The molecule has 0 radical (unpaired) electrons. The zero-order valence-corrected chi connectivity index (χ0v) is 19.3. The zero-order chi connectivity index (χ0) is 23.3. The Morgan fingerprint density at radius 2 is 1.78 bits per heavy atom. The summed E-state index contributed by atoms with van der Waals surface area (Å²) in [6, 6.07) is 9.96. The van der Waals surface area contributed by atoms with Gasteiger partial charge in [0.2, 0.25) is 5.91 Å². The number of carbonyl (C=O) groups excluding carboxylic acids is 2. The predicted molar refractivity (Wildman–Crippen MR) is 125 cm³/mol. The second-order valence-electron chi connectivity index (χ2n) is 7.64. The van der Waals surface area contributed by atoms with Crippen LogP contribution in [0.2, 0.25) is 0 Å². The Balaban J connectivity index is 2.10. The number of nitrogens with one attached hydrogen (secondary N) is 1. The van der Waals surface area contributed by atoms with Crippen LogP contribution in [0.15, 0.2) is 48.5 Å². The molecule has 1 aliphatic carbocycles. The van der Waals surface area contributed by atoms with Gasteiger partial charge in [-0.1, -0.05) is 43.5 Å². The molecule has 0 saturated heterocycles. The van der Waals surface area contributed by atoms with Crippen LogP contribution in [0.25, 0.3) is 0 Å². The lowest BCUT2D eigenvalue weighted by Gasteiger charge is -2.33. The number of carbonyl (C=O) groups is 2. The number of amides is 2. The van der Waals surface area contributed by atoms with Crippen LogP contribution < -0.4 is 10.2 Å². The third-order valence-corrected chi connectivity index (χ3v) is 6.43. The third-order valence-electron chi connectivity index (χ3n) is 5.45. The predicted octanol–water partition coefficient (Wildman–Crippen LogP) is 5.47. The molecule has 1 unspecified atom stereocenters. The Morgan fingerprint density at radius 1 is 1.09 bits per heavy atom. The molecule has 1 saturated carbocycles. The van der Waals surface area contributed by atoms with Crippen LogP contribution in [0.4, 0.5) is 18.9 Å². The number of hydrogen-bond acceptors (Lipinski definition) is 2. The van der Waals surface area contributed by atoms with Gasteiger partial charge in [-0.15, -0.1) is 6.42 Å². The highest BCUT2D eigenvalue weighted by atomic mass is 127. The Bertz CT molecular complexity index is 1030. The van der Waals surface area contributed by atoms with E-state index in [9.17, 15) is 22.8 Å². The van der Waals surface area contributed by atoms with Gasteiger partial charge in [-0.2, -0.15) is 13.2 Å². The van der Waals surface area contributed by atoms with Crippen LogP contribution >= 0.6 is 22.6 Å². The van der Waals surface area contributed by atoms with Crippen LogP contribution in [0, 0.1) is 15.9 Å². The molecule has 0 bridgehead atoms. The highest BCUT2D eigenvalue weighted by Crippen LogP contribution is 2.35. The second-order valence-corrected chi connectivity index (χ2v) is 8.80. The SMILES string of the molecule is C#CC(=O)N(c1cccc(C(F)(F)F)c1)C(C(=O)NC1CCCCC1)c1ccccc1I. The summed E-state index contributed by atoms with van der Waals surface area (Å²) in [5.41, 5.74) is -0.535. The van der Waals surface area contributed by atoms with Gasteiger partial charge in [0.25, 0.3) is 0 Å². The molecular formula is C24H22F3IN2O2. The Labute approximate surface area is 198 Å². The first-order chi connectivity index (χ1) is 15.2. The largest absolute Gasteiger partial charge is 0.416 e. The normalized spacial score (nSPS) is 15.5. The maximum absolute atomic E-state index is 13.5. The molecule has 3 rings (SSSR count). The lowest BCUT2D eigenvalue weighted by molar-refractivity contribution is -0.137. The van der Waals surface area contributed by atoms with E-state index in [4.69, 9.17) is 6.42 Å². The summed E-state index contributed by atoms with van der Waals surface area (Å²) >= 11 is 2.04. The molecule has 1 atom stereocenters. The number of alkyl halides is 3. The number of hydrogen-bond donors (Lipinski definition) is 1. The number of terminal acetylenes is 1. The van der Waals surface area contributed by atoms with E-state index in [0.717, 1.165) is 49.1 Å². The zero-order valence-electron chi connectivity index (χ0n) is 17.2. The van der Waals surface area contributed by atoms with Gasteiger partial charge >= 0.3 is 12.1 Å². The van der Waals surface area contributed by atoms with E-state index >= 15 is 0 Å². The number of anilines is 1. The van der Waals surface area contributed by atoms with E-state index in [1.807, 2.05) is 28.5 Å². The third kappa shape index (κ3) is 5.63. The second kappa shape index (κ2) is 10.4. The number of benzene rings is 2. The summed E-state index contributed by atoms with van der Waals surface area (Å²) in [5.74, 6) is 0.607. The molecule has 0 heterocycles. The van der Waals surface area contributed by atoms with Gasteiger partial charge in [-0.3, -0.25) is 14.5 Å². The first kappa shape index (κ1) is 24.1. The fourth-order valence-corrected chi connectivity index (χ4v) is 4.59. The molecule has 0 aromatic heterocycles. The van der Waals surface area contributed by atoms with Crippen LogP contribution in [-0.2, 0) is 15.8 Å². The lowest BCUT2D eigenvalue weighted by atomic mass is 9.94. The van der Waals surface area contributed by atoms with Crippen LogP contribution in [0.5, 0.6) is 0 Å². The molecule has 32 heavy (non-hydrogen) atoms. The van der Waals surface area contributed by atoms with Gasteiger partial charge < -0.3 is 5.32 Å². The molecule has 168 valence electrons. The monoisotopic (exact) mass is 554 g/mol. The van der Waals surface area contributed by atoms with Gasteiger partial charge in [-0.25, -0.2) is 0 Å². The molecule has 1 N–H and O–H groups in total. The van der Waals surface area contributed by atoms with Gasteiger partial charge in [0, 0.05) is 15.3 Å². The van der Waals surface area contributed by atoms with Crippen molar-refractivity contribution in [1.82, 2.24) is 5.32 Å². The fourth-order valence-electron chi connectivity index (χ4n) is 3.91. The molecule has 0 aliphatic heterocycles. The van der Waals surface area contributed by atoms with E-state index in [0.29, 0.717) is 9.13 Å². The quantitative estimate of drug-likeness (QED) is 0.394. The fraction of sp³-hybridized carbons (Fsp3) is 0.333. The van der Waals surface area contributed by atoms with Crippen molar-refractivity contribution in [3.8, 4) is 12.3 Å². The lowest BCUT2D eigenvalue weighted by Crippen LogP contribution is -2.47. The summed E-state index contributed by atoms with van der Waals surface area (Å²) in [6.45, 7) is 0. The van der Waals surface area contributed by atoms with Gasteiger partial charge in [0.1, 0.15) is 6.04 Å². The molecule has 1 aliphatic rings. The van der Waals surface area contributed by atoms with Crippen LogP contribution in [-0.4, -0.2) is 17.9 Å². The molecule has 2 aromatic carbocycles. The van der Waals surface area contributed by atoms with Crippen molar-refractivity contribution in [2.45, 2.75) is 50.4 Å². The van der Waals surface area contributed by atoms with Gasteiger partial charge in [0.15, 0.2) is 0 Å². The van der Waals surface area contributed by atoms with Crippen LogP contribution in [0.3, 0.4) is 0 Å². The first-order valence-electron chi connectivity index (χ1n) is 10.2. The molecular weight excluding hydrogens is 532 g/mol. The van der Waals surface area contributed by atoms with E-state index in [2.05, 4.69) is 5.32 Å². The van der Waals surface area contributed by atoms with Gasteiger partial charge in [0.05, 0.1) is 5.56 Å². The average molecular weight is 554 g/mol. The van der Waals surface area contributed by atoms with Crippen molar-refractivity contribution in [3.05, 3.63) is 63.2 Å². The smallest absolute Gasteiger partial charge is 0.351 e. The van der Waals surface area contributed by atoms with E-state index in [1.54, 1.807) is 24.3 Å². The van der Waals surface area contributed by atoms with Crippen molar-refractivity contribution in [3.63, 3.8) is 0 Å². The van der Waals surface area contributed by atoms with Crippen molar-refractivity contribution >= 4 is 40.1 Å². The summed E-state index contributed by atoms with van der Waals surface area (Å²) in [5, 5.41) is 2.99. The number of nitrogens with zero attached hydrogens (tertiary/aromatic N) is 1. The topological polar surface area (TPSA) is 49.4 Å². The van der Waals surface area contributed by atoms with E-state index in [1.165, 1.54) is 12.1 Å². The molecule has 2 amide bonds. The maximum Gasteiger partial charge on any atom is 0.416 e. The van der Waals surface area contributed by atoms with Crippen molar-refractivity contribution in [2.75, 3.05) is 4.90 Å². The molecule has 1 fully saturated rings.